The normalized spacial score (nSPS) is 35.5. The van der Waals surface area contributed by atoms with Gasteiger partial charge in [0.1, 0.15) is 0 Å². The van der Waals surface area contributed by atoms with Crippen molar-refractivity contribution in [1.82, 2.24) is 4.90 Å². The van der Waals surface area contributed by atoms with Gasteiger partial charge in [-0.3, -0.25) is 0 Å². The Morgan fingerprint density at radius 3 is 2.80 bits per heavy atom. The van der Waals surface area contributed by atoms with Crippen LogP contribution in [0.5, 0.6) is 0 Å². The van der Waals surface area contributed by atoms with Crippen LogP contribution in [-0.2, 0) is 0 Å². The Morgan fingerprint density at radius 2 is 2.05 bits per heavy atom. The molecule has 2 aliphatic rings. The van der Waals surface area contributed by atoms with Gasteiger partial charge in [0, 0.05) is 25.2 Å². The van der Waals surface area contributed by atoms with Crippen molar-refractivity contribution < 1.29 is 5.11 Å². The second kappa shape index (κ2) is 8.35. The van der Waals surface area contributed by atoms with Crippen LogP contribution >= 0.6 is 0 Å². The summed E-state index contributed by atoms with van der Waals surface area (Å²) in [6.45, 7) is 5.09. The molecule has 4 atom stereocenters. The largest absolute Gasteiger partial charge is 0.396 e. The number of aliphatic hydroxyl groups is 1. The van der Waals surface area contributed by atoms with Gasteiger partial charge in [0.15, 0.2) is 0 Å². The lowest BCUT2D eigenvalue weighted by Gasteiger charge is -2.38. The highest BCUT2D eigenvalue weighted by Crippen LogP contribution is 2.33. The number of aliphatic hydroxyl groups excluding tert-OH is 1. The molecule has 0 aromatic carbocycles. The fourth-order valence-corrected chi connectivity index (χ4v) is 4.36. The first-order valence-electron chi connectivity index (χ1n) is 8.85. The third kappa shape index (κ3) is 4.44. The molecule has 1 aliphatic carbocycles. The van der Waals surface area contributed by atoms with E-state index in [1.165, 1.54) is 58.0 Å². The van der Waals surface area contributed by atoms with E-state index < -0.39 is 0 Å². The minimum absolute atomic E-state index is 0.339. The molecule has 1 saturated heterocycles. The van der Waals surface area contributed by atoms with Crippen molar-refractivity contribution in [2.75, 3.05) is 19.7 Å². The lowest BCUT2D eigenvalue weighted by Crippen LogP contribution is -2.44. The van der Waals surface area contributed by atoms with E-state index in [0.717, 1.165) is 18.8 Å². The SMILES string of the molecule is CCCC1CCC(N)C(CN2CCCC2CCCO)C1. The minimum atomic E-state index is 0.339. The Balaban J connectivity index is 1.83. The Morgan fingerprint density at radius 1 is 1.20 bits per heavy atom. The summed E-state index contributed by atoms with van der Waals surface area (Å²) >= 11 is 0. The third-order valence-corrected chi connectivity index (χ3v) is 5.51. The first kappa shape index (κ1) is 16.3. The molecule has 0 spiro atoms. The van der Waals surface area contributed by atoms with Crippen LogP contribution in [0, 0.1) is 11.8 Å². The predicted octanol–water partition coefficient (Wildman–Crippen LogP) is 2.77. The highest BCUT2D eigenvalue weighted by atomic mass is 16.2. The van der Waals surface area contributed by atoms with Crippen molar-refractivity contribution in [2.45, 2.75) is 76.8 Å². The fourth-order valence-electron chi connectivity index (χ4n) is 4.36. The van der Waals surface area contributed by atoms with Gasteiger partial charge in [0.05, 0.1) is 0 Å². The summed E-state index contributed by atoms with van der Waals surface area (Å²) < 4.78 is 0. The number of nitrogens with zero attached hydrogens (tertiary/aromatic N) is 1. The van der Waals surface area contributed by atoms with E-state index >= 15 is 0 Å². The first-order valence-corrected chi connectivity index (χ1v) is 8.85. The summed E-state index contributed by atoms with van der Waals surface area (Å²) in [7, 11) is 0. The summed E-state index contributed by atoms with van der Waals surface area (Å²) in [5.41, 5.74) is 6.39. The molecule has 4 unspecified atom stereocenters. The zero-order chi connectivity index (χ0) is 14.4. The average Bonchev–Trinajstić information content (AvgIpc) is 2.88. The summed E-state index contributed by atoms with van der Waals surface area (Å²) in [5, 5.41) is 9.03. The highest BCUT2D eigenvalue weighted by molar-refractivity contribution is 4.88. The van der Waals surface area contributed by atoms with Crippen LogP contribution in [0.2, 0.25) is 0 Å². The first-order chi connectivity index (χ1) is 9.74. The topological polar surface area (TPSA) is 49.5 Å². The second-order valence-corrected chi connectivity index (χ2v) is 7.05. The molecule has 2 rings (SSSR count). The number of likely N-dealkylation sites (tertiary alicyclic amines) is 1. The smallest absolute Gasteiger partial charge is 0.0431 e. The zero-order valence-electron chi connectivity index (χ0n) is 13.3. The summed E-state index contributed by atoms with van der Waals surface area (Å²) in [4.78, 5) is 2.68. The highest BCUT2D eigenvalue weighted by Gasteiger charge is 2.32. The predicted molar refractivity (Wildman–Crippen MR) is 84.6 cm³/mol. The number of hydrogen-bond donors (Lipinski definition) is 2. The molecule has 3 N–H and O–H groups in total. The van der Waals surface area contributed by atoms with Crippen molar-refractivity contribution in [3.63, 3.8) is 0 Å². The molecule has 3 heteroatoms. The van der Waals surface area contributed by atoms with Gasteiger partial charge in [-0.2, -0.15) is 0 Å². The summed E-state index contributed by atoms with van der Waals surface area (Å²) in [6, 6.07) is 1.13. The third-order valence-electron chi connectivity index (χ3n) is 5.51. The molecule has 1 heterocycles. The molecule has 0 radical (unpaired) electrons. The molecule has 118 valence electrons. The van der Waals surface area contributed by atoms with Gasteiger partial charge in [0.2, 0.25) is 0 Å². The fraction of sp³-hybridized carbons (Fsp3) is 1.00. The van der Waals surface area contributed by atoms with Gasteiger partial charge in [-0.25, -0.2) is 0 Å². The zero-order valence-corrected chi connectivity index (χ0v) is 13.3. The molecule has 2 fully saturated rings. The van der Waals surface area contributed by atoms with E-state index in [9.17, 15) is 0 Å². The summed E-state index contributed by atoms with van der Waals surface area (Å²) in [5.74, 6) is 1.62. The number of rotatable bonds is 7. The van der Waals surface area contributed by atoms with Crippen molar-refractivity contribution in [1.29, 1.82) is 0 Å². The van der Waals surface area contributed by atoms with E-state index in [0.29, 0.717) is 24.6 Å². The molecule has 1 aliphatic heterocycles. The summed E-state index contributed by atoms with van der Waals surface area (Å²) in [6.07, 6.45) is 11.4. The molecule has 1 saturated carbocycles. The Kier molecular flexibility index (Phi) is 6.79. The lowest BCUT2D eigenvalue weighted by molar-refractivity contribution is 0.136. The van der Waals surface area contributed by atoms with Crippen LogP contribution in [0.3, 0.4) is 0 Å². The van der Waals surface area contributed by atoms with Crippen LogP contribution in [0.25, 0.3) is 0 Å². The maximum Gasteiger partial charge on any atom is 0.0431 e. The molecule has 0 aromatic rings. The van der Waals surface area contributed by atoms with Gasteiger partial charge >= 0.3 is 0 Å². The van der Waals surface area contributed by atoms with Crippen LogP contribution in [0.15, 0.2) is 0 Å². The molecule has 0 bridgehead atoms. The van der Waals surface area contributed by atoms with E-state index in [1.54, 1.807) is 0 Å². The maximum atomic E-state index is 9.03. The van der Waals surface area contributed by atoms with Gasteiger partial charge in [-0.05, 0) is 63.3 Å². The van der Waals surface area contributed by atoms with Crippen molar-refractivity contribution >= 4 is 0 Å². The van der Waals surface area contributed by atoms with E-state index in [2.05, 4.69) is 11.8 Å². The molecular weight excluding hydrogens is 248 g/mol. The molecule has 3 nitrogen and oxygen atoms in total. The van der Waals surface area contributed by atoms with Gasteiger partial charge in [0.25, 0.3) is 0 Å². The van der Waals surface area contributed by atoms with Crippen LogP contribution in [0.4, 0.5) is 0 Å². The lowest BCUT2D eigenvalue weighted by atomic mass is 9.76. The van der Waals surface area contributed by atoms with E-state index in [-0.39, 0.29) is 0 Å². The van der Waals surface area contributed by atoms with E-state index in [4.69, 9.17) is 10.8 Å². The molecule has 0 aromatic heterocycles. The van der Waals surface area contributed by atoms with Crippen molar-refractivity contribution in [2.24, 2.45) is 17.6 Å². The Bertz CT molecular complexity index is 272. The second-order valence-electron chi connectivity index (χ2n) is 7.05. The van der Waals surface area contributed by atoms with Crippen LogP contribution in [-0.4, -0.2) is 41.8 Å². The number of hydrogen-bond acceptors (Lipinski definition) is 3. The molecule has 20 heavy (non-hydrogen) atoms. The van der Waals surface area contributed by atoms with Crippen LogP contribution < -0.4 is 5.73 Å². The Hall–Kier alpha value is -0.120. The molecule has 0 amide bonds. The van der Waals surface area contributed by atoms with E-state index in [1.807, 2.05) is 0 Å². The van der Waals surface area contributed by atoms with Crippen LogP contribution in [0.1, 0.15) is 64.7 Å². The minimum Gasteiger partial charge on any atom is -0.396 e. The maximum absolute atomic E-state index is 9.03. The Labute approximate surface area is 124 Å². The van der Waals surface area contributed by atoms with Gasteiger partial charge < -0.3 is 15.7 Å². The van der Waals surface area contributed by atoms with Gasteiger partial charge in [-0.15, -0.1) is 0 Å². The molecular formula is C17H34N2O. The number of nitrogens with two attached hydrogens (primary N) is 1. The van der Waals surface area contributed by atoms with Crippen molar-refractivity contribution in [3.8, 4) is 0 Å². The van der Waals surface area contributed by atoms with Gasteiger partial charge in [-0.1, -0.05) is 19.8 Å². The quantitative estimate of drug-likeness (QED) is 0.755. The monoisotopic (exact) mass is 282 g/mol. The van der Waals surface area contributed by atoms with Crippen molar-refractivity contribution in [3.05, 3.63) is 0 Å². The average molecular weight is 282 g/mol. The standard InChI is InChI=1S/C17H34N2O/c1-2-5-14-8-9-17(18)15(12-14)13-19-10-3-6-16(19)7-4-11-20/h14-17,20H,2-13,18H2,1H3.